The standard InChI is InChI=1S/C8H16N2O/c1-3-6-5-9-8(11)7(4-2)10-6/h6-7,10H,3-5H2,1-2H3,(H,9,11)/t6-,7-/m1/s1. The Morgan fingerprint density at radius 3 is 2.73 bits per heavy atom. The van der Waals surface area contributed by atoms with Crippen LogP contribution in [0.5, 0.6) is 0 Å². The fourth-order valence-electron chi connectivity index (χ4n) is 1.33. The predicted molar refractivity (Wildman–Crippen MR) is 44.3 cm³/mol. The van der Waals surface area contributed by atoms with Crippen molar-refractivity contribution >= 4 is 5.91 Å². The lowest BCUT2D eigenvalue weighted by atomic mass is 10.1. The summed E-state index contributed by atoms with van der Waals surface area (Å²) in [6.07, 6.45) is 1.96. The van der Waals surface area contributed by atoms with Crippen LogP contribution in [0.25, 0.3) is 0 Å². The third-order valence-electron chi connectivity index (χ3n) is 2.18. The van der Waals surface area contributed by atoms with Gasteiger partial charge in [0.2, 0.25) is 5.91 Å². The molecule has 11 heavy (non-hydrogen) atoms. The van der Waals surface area contributed by atoms with E-state index in [-0.39, 0.29) is 11.9 Å². The minimum atomic E-state index is 0.0358. The minimum Gasteiger partial charge on any atom is -0.353 e. The summed E-state index contributed by atoms with van der Waals surface area (Å²) < 4.78 is 0. The van der Waals surface area contributed by atoms with E-state index in [4.69, 9.17) is 0 Å². The topological polar surface area (TPSA) is 41.1 Å². The maximum absolute atomic E-state index is 11.1. The summed E-state index contributed by atoms with van der Waals surface area (Å²) in [7, 11) is 0. The van der Waals surface area contributed by atoms with Crippen molar-refractivity contribution in [3.05, 3.63) is 0 Å². The molecule has 1 saturated heterocycles. The number of piperazine rings is 1. The van der Waals surface area contributed by atoms with E-state index in [9.17, 15) is 4.79 Å². The average molecular weight is 156 g/mol. The molecule has 0 aromatic heterocycles. The van der Waals surface area contributed by atoms with Gasteiger partial charge in [-0.3, -0.25) is 4.79 Å². The van der Waals surface area contributed by atoms with Crippen LogP contribution < -0.4 is 10.6 Å². The summed E-state index contributed by atoms with van der Waals surface area (Å²) in [4.78, 5) is 11.1. The molecule has 0 aromatic rings. The monoisotopic (exact) mass is 156 g/mol. The summed E-state index contributed by atoms with van der Waals surface area (Å²) in [6.45, 7) is 4.93. The zero-order valence-electron chi connectivity index (χ0n) is 7.18. The van der Waals surface area contributed by atoms with E-state index in [1.807, 2.05) is 6.92 Å². The lowest BCUT2D eigenvalue weighted by Crippen LogP contribution is -2.57. The van der Waals surface area contributed by atoms with Gasteiger partial charge < -0.3 is 10.6 Å². The van der Waals surface area contributed by atoms with E-state index in [0.29, 0.717) is 6.04 Å². The highest BCUT2D eigenvalue weighted by molar-refractivity contribution is 5.82. The molecule has 1 aliphatic heterocycles. The van der Waals surface area contributed by atoms with Gasteiger partial charge in [0.15, 0.2) is 0 Å². The van der Waals surface area contributed by atoms with Crippen molar-refractivity contribution in [2.45, 2.75) is 38.8 Å². The molecule has 0 aromatic carbocycles. The first-order chi connectivity index (χ1) is 5.27. The van der Waals surface area contributed by atoms with Gasteiger partial charge in [0, 0.05) is 12.6 Å². The lowest BCUT2D eigenvalue weighted by molar-refractivity contribution is -0.125. The van der Waals surface area contributed by atoms with Crippen molar-refractivity contribution in [2.24, 2.45) is 0 Å². The molecular weight excluding hydrogens is 140 g/mol. The van der Waals surface area contributed by atoms with Crippen LogP contribution in [-0.4, -0.2) is 24.5 Å². The molecule has 3 heteroatoms. The van der Waals surface area contributed by atoms with Gasteiger partial charge in [-0.2, -0.15) is 0 Å². The first kappa shape index (κ1) is 8.53. The summed E-state index contributed by atoms with van der Waals surface area (Å²) >= 11 is 0. The van der Waals surface area contributed by atoms with Gasteiger partial charge in [-0.15, -0.1) is 0 Å². The van der Waals surface area contributed by atoms with E-state index in [1.54, 1.807) is 0 Å². The molecule has 1 fully saturated rings. The molecular formula is C8H16N2O. The Labute approximate surface area is 67.5 Å². The second-order valence-electron chi connectivity index (χ2n) is 2.98. The van der Waals surface area contributed by atoms with Crippen LogP contribution in [0, 0.1) is 0 Å². The Kier molecular flexibility index (Phi) is 2.88. The van der Waals surface area contributed by atoms with Gasteiger partial charge in [-0.1, -0.05) is 13.8 Å². The Bertz CT molecular complexity index is 147. The van der Waals surface area contributed by atoms with Gasteiger partial charge in [-0.25, -0.2) is 0 Å². The van der Waals surface area contributed by atoms with Gasteiger partial charge >= 0.3 is 0 Å². The molecule has 1 amide bonds. The number of carbonyl (C=O) groups excluding carboxylic acids is 1. The van der Waals surface area contributed by atoms with E-state index in [2.05, 4.69) is 17.6 Å². The fourth-order valence-corrected chi connectivity index (χ4v) is 1.33. The molecule has 1 rings (SSSR count). The smallest absolute Gasteiger partial charge is 0.237 e. The maximum atomic E-state index is 11.1. The van der Waals surface area contributed by atoms with Crippen molar-refractivity contribution in [1.82, 2.24) is 10.6 Å². The van der Waals surface area contributed by atoms with Gasteiger partial charge in [-0.05, 0) is 12.8 Å². The predicted octanol–water partition coefficient (Wildman–Crippen LogP) is 0.263. The third kappa shape index (κ3) is 1.93. The third-order valence-corrected chi connectivity index (χ3v) is 2.18. The molecule has 0 aliphatic carbocycles. The number of amides is 1. The minimum absolute atomic E-state index is 0.0358. The first-order valence-electron chi connectivity index (χ1n) is 4.31. The maximum Gasteiger partial charge on any atom is 0.237 e. The molecule has 2 atom stereocenters. The van der Waals surface area contributed by atoms with E-state index in [1.165, 1.54) is 0 Å². The average Bonchev–Trinajstić information content (AvgIpc) is 2.05. The van der Waals surface area contributed by atoms with Crippen LogP contribution in [0.4, 0.5) is 0 Å². The highest BCUT2D eigenvalue weighted by atomic mass is 16.2. The van der Waals surface area contributed by atoms with Crippen molar-refractivity contribution in [2.75, 3.05) is 6.54 Å². The van der Waals surface area contributed by atoms with Crippen molar-refractivity contribution < 1.29 is 4.79 Å². The van der Waals surface area contributed by atoms with Crippen molar-refractivity contribution in [3.63, 3.8) is 0 Å². The van der Waals surface area contributed by atoms with Crippen molar-refractivity contribution in [3.8, 4) is 0 Å². The number of carbonyl (C=O) groups is 1. The zero-order valence-corrected chi connectivity index (χ0v) is 7.18. The second-order valence-corrected chi connectivity index (χ2v) is 2.98. The van der Waals surface area contributed by atoms with Crippen LogP contribution in [0.15, 0.2) is 0 Å². The molecule has 0 saturated carbocycles. The Morgan fingerprint density at radius 1 is 1.45 bits per heavy atom. The highest BCUT2D eigenvalue weighted by Crippen LogP contribution is 2.01. The van der Waals surface area contributed by atoms with E-state index in [0.717, 1.165) is 19.4 Å². The first-order valence-corrected chi connectivity index (χ1v) is 4.31. The molecule has 0 radical (unpaired) electrons. The molecule has 2 N–H and O–H groups in total. The van der Waals surface area contributed by atoms with Gasteiger partial charge in [0.05, 0.1) is 6.04 Å². The second kappa shape index (κ2) is 3.72. The number of nitrogens with one attached hydrogen (secondary N) is 2. The van der Waals surface area contributed by atoms with Crippen LogP contribution in [0.1, 0.15) is 26.7 Å². The molecule has 1 heterocycles. The lowest BCUT2D eigenvalue weighted by Gasteiger charge is -2.29. The molecule has 0 unspecified atom stereocenters. The number of rotatable bonds is 2. The zero-order chi connectivity index (χ0) is 8.27. The van der Waals surface area contributed by atoms with Gasteiger partial charge in [0.1, 0.15) is 0 Å². The molecule has 3 nitrogen and oxygen atoms in total. The molecule has 0 bridgehead atoms. The Morgan fingerprint density at radius 2 is 2.18 bits per heavy atom. The highest BCUT2D eigenvalue weighted by Gasteiger charge is 2.24. The van der Waals surface area contributed by atoms with Crippen LogP contribution in [0.2, 0.25) is 0 Å². The van der Waals surface area contributed by atoms with Crippen LogP contribution in [0.3, 0.4) is 0 Å². The normalized spacial score (nSPS) is 31.6. The number of hydrogen-bond donors (Lipinski definition) is 2. The van der Waals surface area contributed by atoms with Gasteiger partial charge in [0.25, 0.3) is 0 Å². The van der Waals surface area contributed by atoms with Crippen molar-refractivity contribution in [1.29, 1.82) is 0 Å². The van der Waals surface area contributed by atoms with E-state index >= 15 is 0 Å². The molecule has 1 aliphatic rings. The fraction of sp³-hybridized carbons (Fsp3) is 0.875. The summed E-state index contributed by atoms with van der Waals surface area (Å²) in [5.74, 6) is 0.150. The molecule has 64 valence electrons. The molecule has 0 spiro atoms. The summed E-state index contributed by atoms with van der Waals surface area (Å²) in [5.41, 5.74) is 0. The van der Waals surface area contributed by atoms with Crippen LogP contribution in [-0.2, 0) is 4.79 Å². The Balaban J connectivity index is 2.44. The quantitative estimate of drug-likeness (QED) is 0.602. The number of hydrogen-bond acceptors (Lipinski definition) is 2. The summed E-state index contributed by atoms with van der Waals surface area (Å²) in [6, 6.07) is 0.506. The Hall–Kier alpha value is -0.570. The van der Waals surface area contributed by atoms with E-state index < -0.39 is 0 Å². The summed E-state index contributed by atoms with van der Waals surface area (Å²) in [5, 5.41) is 6.17. The van der Waals surface area contributed by atoms with Crippen LogP contribution >= 0.6 is 0 Å². The largest absolute Gasteiger partial charge is 0.353 e. The SMILES string of the molecule is CC[C@@H]1CNC(=O)[C@@H](CC)N1.